The van der Waals surface area contributed by atoms with Gasteiger partial charge in [-0.3, -0.25) is 9.59 Å². The largest absolute Gasteiger partial charge is 0.378 e. The lowest BCUT2D eigenvalue weighted by molar-refractivity contribution is -0.140. The van der Waals surface area contributed by atoms with Gasteiger partial charge in [-0.25, -0.2) is 4.39 Å². The van der Waals surface area contributed by atoms with E-state index in [9.17, 15) is 14.0 Å². The number of hydrogen-bond acceptors (Lipinski definition) is 5. The summed E-state index contributed by atoms with van der Waals surface area (Å²) in [5.74, 6) is -0.371. The molecule has 2 heterocycles. The zero-order valence-corrected chi connectivity index (χ0v) is 17.2. The van der Waals surface area contributed by atoms with Gasteiger partial charge in [0.25, 0.3) is 5.91 Å². The van der Waals surface area contributed by atoms with E-state index >= 15 is 0 Å². The monoisotopic (exact) mass is 415 g/mol. The normalized spacial score (nSPS) is 24.1. The predicted molar refractivity (Wildman–Crippen MR) is 106 cm³/mol. The molecule has 2 aromatic rings. The number of rotatable bonds is 4. The fourth-order valence-corrected chi connectivity index (χ4v) is 4.59. The Morgan fingerprint density at radius 3 is 2.47 bits per heavy atom. The molecule has 0 spiro atoms. The van der Waals surface area contributed by atoms with E-state index < -0.39 is 0 Å². The average Bonchev–Trinajstić information content (AvgIpc) is 3.31. The summed E-state index contributed by atoms with van der Waals surface area (Å²) in [6, 6.07) is 6.13. The van der Waals surface area contributed by atoms with Crippen LogP contribution < -0.4 is 5.32 Å². The average molecular weight is 415 g/mol. The van der Waals surface area contributed by atoms with Crippen LogP contribution in [0.4, 0.5) is 4.39 Å². The van der Waals surface area contributed by atoms with Crippen molar-refractivity contribution in [2.45, 2.75) is 38.6 Å². The van der Waals surface area contributed by atoms with E-state index in [1.165, 1.54) is 12.1 Å². The first-order valence-corrected chi connectivity index (χ1v) is 10.3. The van der Waals surface area contributed by atoms with Gasteiger partial charge in [-0.05, 0) is 50.3 Å². The van der Waals surface area contributed by atoms with Gasteiger partial charge in [0.05, 0.1) is 18.9 Å². The molecule has 0 bridgehead atoms. The highest BCUT2D eigenvalue weighted by atomic mass is 19.1. The van der Waals surface area contributed by atoms with Crippen LogP contribution in [0.3, 0.4) is 0 Å². The van der Waals surface area contributed by atoms with E-state index in [4.69, 9.17) is 9.26 Å². The van der Waals surface area contributed by atoms with Crippen molar-refractivity contribution in [1.29, 1.82) is 0 Å². The van der Waals surface area contributed by atoms with Gasteiger partial charge in [0, 0.05) is 25.0 Å². The number of benzene rings is 1. The second-order valence-electron chi connectivity index (χ2n) is 8.04. The number of ether oxygens (including phenoxy) is 1. The van der Waals surface area contributed by atoms with Crippen LogP contribution in [0.1, 0.15) is 46.1 Å². The molecule has 2 amide bonds. The number of morpholine rings is 1. The molecule has 0 unspecified atom stereocenters. The third-order valence-corrected chi connectivity index (χ3v) is 6.10. The summed E-state index contributed by atoms with van der Waals surface area (Å²) in [5, 5.41) is 6.90. The Balaban J connectivity index is 1.54. The smallest absolute Gasteiger partial charge is 0.257 e. The summed E-state index contributed by atoms with van der Waals surface area (Å²) < 4.78 is 23.9. The summed E-state index contributed by atoms with van der Waals surface area (Å²) in [6.07, 6.45) is 1.15. The van der Waals surface area contributed by atoms with E-state index in [-0.39, 0.29) is 35.5 Å². The Bertz CT molecular complexity index is 901. The number of aromatic nitrogens is 1. The molecule has 2 fully saturated rings. The third-order valence-electron chi connectivity index (χ3n) is 6.10. The molecule has 30 heavy (non-hydrogen) atoms. The quantitative estimate of drug-likeness (QED) is 0.830. The fourth-order valence-electron chi connectivity index (χ4n) is 4.59. The molecule has 1 aliphatic heterocycles. The molecule has 0 radical (unpaired) electrons. The van der Waals surface area contributed by atoms with E-state index in [1.54, 1.807) is 26.0 Å². The van der Waals surface area contributed by atoms with Crippen molar-refractivity contribution in [3.05, 3.63) is 52.7 Å². The number of carbonyl (C=O) groups is 2. The van der Waals surface area contributed by atoms with Crippen molar-refractivity contribution >= 4 is 11.8 Å². The first-order valence-electron chi connectivity index (χ1n) is 10.3. The SMILES string of the molecule is Cc1noc(C)c1C(=O)N[C@@H]1C[C@H](C(=O)N2CCOCC2)[C@@H](c2ccc(F)cc2)C1. The molecular formula is C22H26FN3O4. The van der Waals surface area contributed by atoms with Crippen LogP contribution in [0.25, 0.3) is 0 Å². The molecule has 1 N–H and O–H groups in total. The van der Waals surface area contributed by atoms with Crippen LogP contribution in [0.5, 0.6) is 0 Å². The van der Waals surface area contributed by atoms with Crippen LogP contribution in [-0.4, -0.2) is 54.2 Å². The van der Waals surface area contributed by atoms with Crippen molar-refractivity contribution < 1.29 is 23.2 Å². The maximum Gasteiger partial charge on any atom is 0.257 e. The van der Waals surface area contributed by atoms with Crippen molar-refractivity contribution in [1.82, 2.24) is 15.4 Å². The topological polar surface area (TPSA) is 84.7 Å². The van der Waals surface area contributed by atoms with Crippen LogP contribution in [0.15, 0.2) is 28.8 Å². The number of nitrogens with one attached hydrogen (secondary N) is 1. The summed E-state index contributed by atoms with van der Waals surface area (Å²) in [4.78, 5) is 27.9. The first kappa shape index (κ1) is 20.5. The Hall–Kier alpha value is -2.74. The molecule has 4 rings (SSSR count). The van der Waals surface area contributed by atoms with Gasteiger partial charge in [0.1, 0.15) is 17.1 Å². The van der Waals surface area contributed by atoms with Gasteiger partial charge in [-0.2, -0.15) is 0 Å². The Morgan fingerprint density at radius 2 is 1.83 bits per heavy atom. The Kier molecular flexibility index (Phi) is 5.85. The van der Waals surface area contributed by atoms with Crippen LogP contribution in [-0.2, 0) is 9.53 Å². The summed E-state index contributed by atoms with van der Waals surface area (Å²) in [5.41, 5.74) is 1.90. The minimum absolute atomic E-state index is 0.0710. The lowest BCUT2D eigenvalue weighted by Crippen LogP contribution is -2.44. The van der Waals surface area contributed by atoms with Crippen LogP contribution >= 0.6 is 0 Å². The maximum atomic E-state index is 13.4. The number of amides is 2. The van der Waals surface area contributed by atoms with E-state index in [0.717, 1.165) is 5.56 Å². The second kappa shape index (κ2) is 8.55. The second-order valence-corrected chi connectivity index (χ2v) is 8.04. The van der Waals surface area contributed by atoms with Crippen molar-refractivity contribution in [3.8, 4) is 0 Å². The number of halogens is 1. The highest BCUT2D eigenvalue weighted by Crippen LogP contribution is 2.41. The van der Waals surface area contributed by atoms with Gasteiger partial charge < -0.3 is 19.5 Å². The van der Waals surface area contributed by atoms with E-state index in [1.807, 2.05) is 4.90 Å². The van der Waals surface area contributed by atoms with Gasteiger partial charge in [-0.15, -0.1) is 0 Å². The summed E-state index contributed by atoms with van der Waals surface area (Å²) in [6.45, 7) is 5.64. The molecule has 2 aliphatic rings. The van der Waals surface area contributed by atoms with Gasteiger partial charge in [-0.1, -0.05) is 17.3 Å². The zero-order chi connectivity index (χ0) is 21.3. The maximum absolute atomic E-state index is 13.4. The molecular weight excluding hydrogens is 389 g/mol. The molecule has 1 saturated carbocycles. The first-order chi connectivity index (χ1) is 14.4. The van der Waals surface area contributed by atoms with Crippen molar-refractivity contribution in [3.63, 3.8) is 0 Å². The highest BCUT2D eigenvalue weighted by molar-refractivity contribution is 5.96. The van der Waals surface area contributed by atoms with E-state index in [0.29, 0.717) is 56.2 Å². The standard InChI is InChI=1S/C22H26FN3O4/c1-13-20(14(2)30-25-13)21(27)24-17-11-18(15-3-5-16(23)6-4-15)19(12-17)22(28)26-7-9-29-10-8-26/h3-6,17-19H,7-12H2,1-2H3,(H,24,27)/t17-,18+,19-/m0/s1. The summed E-state index contributed by atoms with van der Waals surface area (Å²) in [7, 11) is 0. The number of nitrogens with zero attached hydrogens (tertiary/aromatic N) is 2. The molecule has 1 saturated heterocycles. The van der Waals surface area contributed by atoms with Gasteiger partial charge >= 0.3 is 0 Å². The Labute approximate surface area is 174 Å². The van der Waals surface area contributed by atoms with Crippen molar-refractivity contribution in [2.24, 2.45) is 5.92 Å². The molecule has 7 nitrogen and oxygen atoms in total. The minimum Gasteiger partial charge on any atom is -0.378 e. The van der Waals surface area contributed by atoms with Crippen LogP contribution in [0.2, 0.25) is 0 Å². The zero-order valence-electron chi connectivity index (χ0n) is 17.2. The Morgan fingerprint density at radius 1 is 1.13 bits per heavy atom. The summed E-state index contributed by atoms with van der Waals surface area (Å²) >= 11 is 0. The van der Waals surface area contributed by atoms with Gasteiger partial charge in [0.15, 0.2) is 0 Å². The molecule has 1 aromatic carbocycles. The fraction of sp³-hybridized carbons (Fsp3) is 0.500. The third kappa shape index (κ3) is 4.09. The number of aryl methyl sites for hydroxylation is 2. The molecule has 3 atom stereocenters. The van der Waals surface area contributed by atoms with Crippen molar-refractivity contribution in [2.75, 3.05) is 26.3 Å². The van der Waals surface area contributed by atoms with E-state index in [2.05, 4.69) is 10.5 Å². The number of carbonyl (C=O) groups excluding carboxylic acids is 2. The minimum atomic E-state index is -0.309. The molecule has 1 aliphatic carbocycles. The lowest BCUT2D eigenvalue weighted by atomic mass is 9.88. The molecule has 160 valence electrons. The predicted octanol–water partition coefficient (Wildman–Crippen LogP) is 2.58. The molecule has 1 aromatic heterocycles. The lowest BCUT2D eigenvalue weighted by Gasteiger charge is -2.31. The highest BCUT2D eigenvalue weighted by Gasteiger charge is 2.42. The van der Waals surface area contributed by atoms with Crippen LogP contribution in [0, 0.1) is 25.6 Å². The number of hydrogen-bond donors (Lipinski definition) is 1. The molecule has 8 heteroatoms. The van der Waals surface area contributed by atoms with Gasteiger partial charge in [0.2, 0.25) is 5.91 Å².